The molecule has 4 aromatic heterocycles. The second-order valence-corrected chi connectivity index (χ2v) is 13.3. The van der Waals surface area contributed by atoms with Crippen LogP contribution in [0.1, 0.15) is 0 Å². The number of para-hydroxylation sites is 5. The second-order valence-electron chi connectivity index (χ2n) is 13.3. The molecule has 11 rings (SSSR count). The van der Waals surface area contributed by atoms with Gasteiger partial charge in [0.15, 0.2) is 0 Å². The lowest BCUT2D eigenvalue weighted by atomic mass is 10.0. The average molecular weight is 681 g/mol. The topological polar surface area (TPSA) is 70.0 Å². The van der Waals surface area contributed by atoms with E-state index in [1.165, 1.54) is 5.39 Å². The van der Waals surface area contributed by atoms with Crippen LogP contribution in [0.15, 0.2) is 175 Å². The largest absolute Gasteiger partial charge is 0.309 e. The lowest BCUT2D eigenvalue weighted by Gasteiger charge is -2.15. The van der Waals surface area contributed by atoms with Crippen LogP contribution >= 0.6 is 0 Å². The smallest absolute Gasteiger partial charge is 0.301 e. The molecule has 7 nitrogen and oxygen atoms in total. The molecular formula is C46H28N6O. The molecule has 0 aliphatic rings. The van der Waals surface area contributed by atoms with Crippen LogP contribution in [0.25, 0.3) is 94.4 Å². The lowest BCUT2D eigenvalue weighted by molar-refractivity contribution is 0.928. The first-order valence-electron chi connectivity index (χ1n) is 17.6. The summed E-state index contributed by atoms with van der Waals surface area (Å²) in [7, 11) is 0. The van der Waals surface area contributed by atoms with Crippen molar-refractivity contribution in [3.05, 3.63) is 180 Å². The number of imidazole rings is 1. The molecule has 0 fully saturated rings. The summed E-state index contributed by atoms with van der Waals surface area (Å²) in [6, 6.07) is 57.7. The summed E-state index contributed by atoms with van der Waals surface area (Å²) in [6.45, 7) is 0. The Morgan fingerprint density at radius 1 is 0.396 bits per heavy atom. The van der Waals surface area contributed by atoms with Crippen LogP contribution in [-0.2, 0) is 0 Å². The predicted molar refractivity (Wildman–Crippen MR) is 214 cm³/mol. The molecule has 0 aliphatic carbocycles. The minimum Gasteiger partial charge on any atom is -0.309 e. The Labute approximate surface area is 302 Å². The highest BCUT2D eigenvalue weighted by atomic mass is 16.1. The number of hydrogen-bond acceptors (Lipinski definition) is 4. The zero-order valence-electron chi connectivity index (χ0n) is 28.3. The number of aromatic nitrogens is 6. The minimum absolute atomic E-state index is 0.290. The first-order valence-corrected chi connectivity index (χ1v) is 17.6. The van der Waals surface area contributed by atoms with Crippen molar-refractivity contribution in [2.45, 2.75) is 0 Å². The van der Waals surface area contributed by atoms with Crippen molar-refractivity contribution in [2.75, 3.05) is 0 Å². The minimum atomic E-state index is -0.290. The van der Waals surface area contributed by atoms with E-state index in [9.17, 15) is 4.79 Å². The number of benzene rings is 7. The van der Waals surface area contributed by atoms with Crippen molar-refractivity contribution < 1.29 is 0 Å². The molecule has 0 bridgehead atoms. The second kappa shape index (κ2) is 11.3. The van der Waals surface area contributed by atoms with E-state index in [1.54, 1.807) is 4.57 Å². The van der Waals surface area contributed by atoms with Gasteiger partial charge >= 0.3 is 5.56 Å². The van der Waals surface area contributed by atoms with Crippen molar-refractivity contribution in [2.24, 2.45) is 0 Å². The highest BCUT2D eigenvalue weighted by molar-refractivity contribution is 6.10. The van der Waals surface area contributed by atoms with Crippen LogP contribution in [0.5, 0.6) is 0 Å². The van der Waals surface area contributed by atoms with Crippen molar-refractivity contribution in [1.29, 1.82) is 0 Å². The van der Waals surface area contributed by atoms with Gasteiger partial charge in [0, 0.05) is 27.4 Å². The fourth-order valence-electron chi connectivity index (χ4n) is 7.88. The Morgan fingerprint density at radius 3 is 1.83 bits per heavy atom. The van der Waals surface area contributed by atoms with Gasteiger partial charge in [0.25, 0.3) is 0 Å². The first kappa shape index (κ1) is 29.4. The van der Waals surface area contributed by atoms with Gasteiger partial charge in [-0.05, 0) is 71.8 Å². The Kier molecular flexibility index (Phi) is 6.27. The van der Waals surface area contributed by atoms with E-state index in [4.69, 9.17) is 15.0 Å². The lowest BCUT2D eigenvalue weighted by Crippen LogP contribution is -2.24. The van der Waals surface area contributed by atoms with Gasteiger partial charge in [-0.25, -0.2) is 19.5 Å². The van der Waals surface area contributed by atoms with Gasteiger partial charge in [0.05, 0.1) is 44.3 Å². The van der Waals surface area contributed by atoms with E-state index in [2.05, 4.69) is 89.5 Å². The molecule has 53 heavy (non-hydrogen) atoms. The van der Waals surface area contributed by atoms with Gasteiger partial charge < -0.3 is 4.57 Å². The Bertz CT molecular complexity index is 3310. The third-order valence-corrected chi connectivity index (χ3v) is 10.3. The first-order chi connectivity index (χ1) is 26.2. The summed E-state index contributed by atoms with van der Waals surface area (Å²) in [5.74, 6) is 0.297. The van der Waals surface area contributed by atoms with E-state index in [1.807, 2.05) is 89.3 Å². The molecule has 0 N–H and O–H groups in total. The number of fused-ring (bicyclic) bond motifs is 9. The molecule has 248 valence electrons. The van der Waals surface area contributed by atoms with E-state index in [0.717, 1.165) is 71.9 Å². The van der Waals surface area contributed by atoms with Crippen LogP contribution in [-0.4, -0.2) is 28.5 Å². The van der Waals surface area contributed by atoms with E-state index in [0.29, 0.717) is 17.1 Å². The van der Waals surface area contributed by atoms with Crippen LogP contribution in [0.4, 0.5) is 0 Å². The van der Waals surface area contributed by atoms with Crippen LogP contribution in [0, 0.1) is 0 Å². The Morgan fingerprint density at radius 2 is 1.02 bits per heavy atom. The highest BCUT2D eigenvalue weighted by Gasteiger charge is 2.21. The molecule has 0 atom stereocenters. The van der Waals surface area contributed by atoms with Gasteiger partial charge in [-0.1, -0.05) is 109 Å². The number of hydrogen-bond donors (Lipinski definition) is 0. The zero-order valence-corrected chi connectivity index (χ0v) is 28.3. The summed E-state index contributed by atoms with van der Waals surface area (Å²) >= 11 is 0. The molecular weight excluding hydrogens is 653 g/mol. The monoisotopic (exact) mass is 680 g/mol. The molecule has 0 saturated carbocycles. The summed E-state index contributed by atoms with van der Waals surface area (Å²) in [5.41, 5.74) is 11.0. The molecule has 7 heteroatoms. The van der Waals surface area contributed by atoms with Gasteiger partial charge in [-0.3, -0.25) is 9.20 Å². The SMILES string of the molecule is O=c1c2nc3ccccc3n2c2ccc(-c3ccc4c(c3)c3ccccc3n4-c3ccccc3)cc2n1-c1nc(-c2ccccc2)c2ccccc2n1. The van der Waals surface area contributed by atoms with E-state index in [-0.39, 0.29) is 5.56 Å². The highest BCUT2D eigenvalue weighted by Crippen LogP contribution is 2.36. The van der Waals surface area contributed by atoms with Gasteiger partial charge in [0.1, 0.15) is 0 Å². The van der Waals surface area contributed by atoms with Crippen molar-refractivity contribution in [3.63, 3.8) is 0 Å². The van der Waals surface area contributed by atoms with Gasteiger partial charge in [0.2, 0.25) is 11.6 Å². The fraction of sp³-hybridized carbons (Fsp3) is 0. The van der Waals surface area contributed by atoms with Gasteiger partial charge in [-0.15, -0.1) is 0 Å². The molecule has 0 saturated heterocycles. The fourth-order valence-corrected chi connectivity index (χ4v) is 7.88. The summed E-state index contributed by atoms with van der Waals surface area (Å²) < 4.78 is 5.91. The molecule has 4 heterocycles. The maximum absolute atomic E-state index is 14.8. The van der Waals surface area contributed by atoms with Crippen molar-refractivity contribution in [3.8, 4) is 34.0 Å². The third-order valence-electron chi connectivity index (χ3n) is 10.3. The molecule has 0 aliphatic heterocycles. The van der Waals surface area contributed by atoms with Crippen LogP contribution in [0.3, 0.4) is 0 Å². The molecule has 0 unspecified atom stereocenters. The third kappa shape index (κ3) is 4.41. The van der Waals surface area contributed by atoms with Crippen LogP contribution in [0.2, 0.25) is 0 Å². The summed E-state index contributed by atoms with van der Waals surface area (Å²) in [4.78, 5) is 29.8. The molecule has 0 radical (unpaired) electrons. The quantitative estimate of drug-likeness (QED) is 0.186. The number of rotatable bonds is 4. The molecule has 7 aromatic carbocycles. The molecule has 0 amide bonds. The average Bonchev–Trinajstić information content (AvgIpc) is 3.78. The maximum Gasteiger partial charge on any atom is 0.301 e. The van der Waals surface area contributed by atoms with Crippen molar-refractivity contribution in [1.82, 2.24) is 28.5 Å². The maximum atomic E-state index is 14.8. The Balaban J connectivity index is 1.21. The van der Waals surface area contributed by atoms with E-state index >= 15 is 0 Å². The molecule has 0 spiro atoms. The van der Waals surface area contributed by atoms with Crippen molar-refractivity contribution >= 4 is 60.4 Å². The normalized spacial score (nSPS) is 11.8. The number of nitrogens with zero attached hydrogens (tertiary/aromatic N) is 6. The zero-order chi connectivity index (χ0) is 35.0. The molecule has 11 aromatic rings. The van der Waals surface area contributed by atoms with Crippen LogP contribution < -0.4 is 5.56 Å². The predicted octanol–water partition coefficient (Wildman–Crippen LogP) is 10.2. The summed E-state index contributed by atoms with van der Waals surface area (Å²) in [6.07, 6.45) is 0. The van der Waals surface area contributed by atoms with Gasteiger partial charge in [-0.2, -0.15) is 0 Å². The standard InChI is InChI=1S/C46H28N6O/c53-45-44-47-37-20-10-12-22-40(37)51(44)41-26-24-31(30-23-25-39-35(27-30)33-17-8-11-21-38(33)50(39)32-15-5-2-6-16-32)28-42(41)52(45)46-48-36-19-9-7-18-34(36)43(49-46)29-13-3-1-4-14-29/h1-28H. The van der Waals surface area contributed by atoms with E-state index < -0.39 is 0 Å². The summed E-state index contributed by atoms with van der Waals surface area (Å²) in [5, 5.41) is 3.24. The Hall–Kier alpha value is -7.38.